The summed E-state index contributed by atoms with van der Waals surface area (Å²) in [4.78, 5) is 11.5. The Kier molecular flexibility index (Phi) is 2.99. The highest BCUT2D eigenvalue weighted by molar-refractivity contribution is 4.95. The second kappa shape index (κ2) is 4.63. The first-order chi connectivity index (χ1) is 8.33. The maximum Gasteiger partial charge on any atom is 0.250 e. The summed E-state index contributed by atoms with van der Waals surface area (Å²) in [6.07, 6.45) is 6.27. The van der Waals surface area contributed by atoms with E-state index in [1.165, 1.54) is 12.8 Å². The Morgan fingerprint density at radius 3 is 3.06 bits per heavy atom. The van der Waals surface area contributed by atoms with Crippen LogP contribution in [0, 0.1) is 0 Å². The predicted octanol–water partition coefficient (Wildman–Crippen LogP) is 0.758. The van der Waals surface area contributed by atoms with E-state index in [4.69, 9.17) is 4.74 Å². The number of hydrogen-bond donors (Lipinski definition) is 1. The SMILES string of the molecule is O=c1ccccn1CCNC1CC2CCC1O2. The van der Waals surface area contributed by atoms with Gasteiger partial charge in [-0.1, -0.05) is 6.07 Å². The fourth-order valence-electron chi connectivity index (χ4n) is 2.87. The third-order valence-corrected chi connectivity index (χ3v) is 3.76. The van der Waals surface area contributed by atoms with Crippen LogP contribution >= 0.6 is 0 Å². The molecule has 0 radical (unpaired) electrons. The molecular formula is C13H18N2O2. The van der Waals surface area contributed by atoms with Gasteiger partial charge in [0.15, 0.2) is 0 Å². The highest BCUT2D eigenvalue weighted by atomic mass is 16.5. The molecule has 0 aromatic carbocycles. The van der Waals surface area contributed by atoms with Crippen molar-refractivity contribution in [3.05, 3.63) is 34.7 Å². The number of ether oxygens (including phenoxy) is 1. The molecule has 4 nitrogen and oxygen atoms in total. The zero-order valence-electron chi connectivity index (χ0n) is 9.84. The molecule has 0 aliphatic carbocycles. The molecular weight excluding hydrogens is 216 g/mol. The molecule has 1 aromatic heterocycles. The lowest BCUT2D eigenvalue weighted by atomic mass is 9.95. The smallest absolute Gasteiger partial charge is 0.250 e. The van der Waals surface area contributed by atoms with Crippen LogP contribution in [0.4, 0.5) is 0 Å². The molecule has 2 aliphatic rings. The lowest BCUT2D eigenvalue weighted by Gasteiger charge is -2.20. The Balaban J connectivity index is 1.50. The molecule has 3 unspecified atom stereocenters. The summed E-state index contributed by atoms with van der Waals surface area (Å²) in [7, 11) is 0. The molecule has 92 valence electrons. The fourth-order valence-corrected chi connectivity index (χ4v) is 2.87. The van der Waals surface area contributed by atoms with Crippen LogP contribution in [0.3, 0.4) is 0 Å². The molecule has 3 heterocycles. The average molecular weight is 234 g/mol. The number of pyridine rings is 1. The van der Waals surface area contributed by atoms with E-state index in [1.807, 2.05) is 12.3 Å². The van der Waals surface area contributed by atoms with Gasteiger partial charge in [-0.15, -0.1) is 0 Å². The van der Waals surface area contributed by atoms with Crippen LogP contribution in [0.2, 0.25) is 0 Å². The summed E-state index contributed by atoms with van der Waals surface area (Å²) in [5.74, 6) is 0. The average Bonchev–Trinajstić information content (AvgIpc) is 2.94. The summed E-state index contributed by atoms with van der Waals surface area (Å²) in [5.41, 5.74) is 0.0680. The molecule has 0 saturated carbocycles. The van der Waals surface area contributed by atoms with E-state index < -0.39 is 0 Å². The van der Waals surface area contributed by atoms with E-state index in [9.17, 15) is 4.79 Å². The Morgan fingerprint density at radius 1 is 1.41 bits per heavy atom. The van der Waals surface area contributed by atoms with Gasteiger partial charge < -0.3 is 14.6 Å². The topological polar surface area (TPSA) is 43.3 Å². The fraction of sp³-hybridized carbons (Fsp3) is 0.615. The first kappa shape index (κ1) is 11.0. The van der Waals surface area contributed by atoms with Gasteiger partial charge in [-0.3, -0.25) is 4.79 Å². The Hall–Kier alpha value is -1.13. The molecule has 2 fully saturated rings. The van der Waals surface area contributed by atoms with Crippen LogP contribution in [0.15, 0.2) is 29.2 Å². The van der Waals surface area contributed by atoms with Crippen LogP contribution in [-0.2, 0) is 11.3 Å². The molecule has 17 heavy (non-hydrogen) atoms. The van der Waals surface area contributed by atoms with Gasteiger partial charge >= 0.3 is 0 Å². The standard InChI is InChI=1S/C13H18N2O2/c16-13-3-1-2-7-15(13)8-6-14-11-9-10-4-5-12(11)17-10/h1-3,7,10-12,14H,4-6,8-9H2. The van der Waals surface area contributed by atoms with E-state index >= 15 is 0 Å². The minimum Gasteiger partial charge on any atom is -0.373 e. The zero-order valence-corrected chi connectivity index (χ0v) is 9.84. The first-order valence-corrected chi connectivity index (χ1v) is 6.37. The van der Waals surface area contributed by atoms with Gasteiger partial charge in [0.2, 0.25) is 0 Å². The first-order valence-electron chi connectivity index (χ1n) is 6.37. The minimum atomic E-state index is 0.0680. The van der Waals surface area contributed by atoms with Crippen molar-refractivity contribution in [2.24, 2.45) is 0 Å². The Bertz CT molecular complexity index is 443. The minimum absolute atomic E-state index is 0.0680. The van der Waals surface area contributed by atoms with Crippen molar-refractivity contribution in [2.45, 2.75) is 44.1 Å². The second-order valence-corrected chi connectivity index (χ2v) is 4.90. The summed E-state index contributed by atoms with van der Waals surface area (Å²) >= 11 is 0. The Labute approximate surface area is 101 Å². The van der Waals surface area contributed by atoms with Gasteiger partial charge in [0.1, 0.15) is 0 Å². The van der Waals surface area contributed by atoms with E-state index in [-0.39, 0.29) is 5.56 Å². The normalized spacial score (nSPS) is 30.9. The highest BCUT2D eigenvalue weighted by Crippen LogP contribution is 2.34. The molecule has 1 aromatic rings. The molecule has 0 spiro atoms. The number of nitrogens with zero attached hydrogens (tertiary/aromatic N) is 1. The maximum atomic E-state index is 11.5. The number of rotatable bonds is 4. The Morgan fingerprint density at radius 2 is 2.35 bits per heavy atom. The largest absolute Gasteiger partial charge is 0.373 e. The number of aromatic nitrogens is 1. The van der Waals surface area contributed by atoms with Crippen molar-refractivity contribution in [3.63, 3.8) is 0 Å². The van der Waals surface area contributed by atoms with Gasteiger partial charge in [0, 0.05) is 31.4 Å². The number of fused-ring (bicyclic) bond motifs is 2. The maximum absolute atomic E-state index is 11.5. The molecule has 2 aliphatic heterocycles. The van der Waals surface area contributed by atoms with Crippen LogP contribution < -0.4 is 10.9 Å². The van der Waals surface area contributed by atoms with E-state index in [0.717, 1.165) is 19.5 Å². The van der Waals surface area contributed by atoms with Gasteiger partial charge in [-0.25, -0.2) is 0 Å². The lowest BCUT2D eigenvalue weighted by Crippen LogP contribution is -2.39. The summed E-state index contributed by atoms with van der Waals surface area (Å²) in [6, 6.07) is 5.76. The number of nitrogens with one attached hydrogen (secondary N) is 1. The summed E-state index contributed by atoms with van der Waals surface area (Å²) in [5, 5.41) is 3.50. The van der Waals surface area contributed by atoms with Crippen molar-refractivity contribution < 1.29 is 4.74 Å². The van der Waals surface area contributed by atoms with Gasteiger partial charge in [0.05, 0.1) is 12.2 Å². The van der Waals surface area contributed by atoms with E-state index in [1.54, 1.807) is 16.7 Å². The molecule has 1 N–H and O–H groups in total. The third kappa shape index (κ3) is 2.28. The van der Waals surface area contributed by atoms with Crippen molar-refractivity contribution in [1.29, 1.82) is 0 Å². The highest BCUT2D eigenvalue weighted by Gasteiger charge is 2.40. The van der Waals surface area contributed by atoms with Crippen molar-refractivity contribution >= 4 is 0 Å². The summed E-state index contributed by atoms with van der Waals surface area (Å²) in [6.45, 7) is 1.56. The lowest BCUT2D eigenvalue weighted by molar-refractivity contribution is 0.0973. The second-order valence-electron chi connectivity index (χ2n) is 4.90. The molecule has 0 amide bonds. The quantitative estimate of drug-likeness (QED) is 0.836. The van der Waals surface area contributed by atoms with Crippen molar-refractivity contribution in [3.8, 4) is 0 Å². The zero-order chi connectivity index (χ0) is 11.7. The monoisotopic (exact) mass is 234 g/mol. The van der Waals surface area contributed by atoms with Gasteiger partial charge in [0.25, 0.3) is 5.56 Å². The summed E-state index contributed by atoms with van der Waals surface area (Å²) < 4.78 is 7.52. The molecule has 2 saturated heterocycles. The predicted molar refractivity (Wildman–Crippen MR) is 65.0 cm³/mol. The van der Waals surface area contributed by atoms with Crippen molar-refractivity contribution in [1.82, 2.24) is 9.88 Å². The van der Waals surface area contributed by atoms with Crippen LogP contribution in [0.25, 0.3) is 0 Å². The van der Waals surface area contributed by atoms with Crippen LogP contribution in [0.5, 0.6) is 0 Å². The molecule has 3 rings (SSSR count). The van der Waals surface area contributed by atoms with E-state index in [2.05, 4.69) is 5.32 Å². The van der Waals surface area contributed by atoms with Crippen LogP contribution in [0.1, 0.15) is 19.3 Å². The molecule has 3 atom stereocenters. The molecule has 4 heteroatoms. The van der Waals surface area contributed by atoms with E-state index in [0.29, 0.717) is 18.2 Å². The van der Waals surface area contributed by atoms with Gasteiger partial charge in [-0.2, -0.15) is 0 Å². The van der Waals surface area contributed by atoms with Gasteiger partial charge in [-0.05, 0) is 25.3 Å². The third-order valence-electron chi connectivity index (χ3n) is 3.76. The van der Waals surface area contributed by atoms with Crippen molar-refractivity contribution in [2.75, 3.05) is 6.54 Å². The number of hydrogen-bond acceptors (Lipinski definition) is 3. The molecule has 2 bridgehead atoms. The van der Waals surface area contributed by atoms with Crippen LogP contribution in [-0.4, -0.2) is 29.4 Å².